The molecule has 0 unspecified atom stereocenters. The minimum atomic E-state index is 0. The molecule has 0 saturated carbocycles. The maximum Gasteiger partial charge on any atom is 4.00 e. The van der Waals surface area contributed by atoms with E-state index < -0.39 is 0 Å². The Morgan fingerprint density at radius 1 is 0.731 bits per heavy atom. The monoisotopic (exact) mass is 525 g/mol. The molecule has 5 nitrogen and oxygen atoms in total. The smallest absolute Gasteiger partial charge is 0.510 e. The third-order valence-corrected chi connectivity index (χ3v) is 3.82. The summed E-state index contributed by atoms with van der Waals surface area (Å²) in [6, 6.07) is 18.2. The van der Waals surface area contributed by atoms with Gasteiger partial charge >= 0.3 is 21.1 Å². The van der Waals surface area contributed by atoms with Gasteiger partial charge in [0.05, 0.1) is 0 Å². The quantitative estimate of drug-likeness (QED) is 0.566. The van der Waals surface area contributed by atoms with E-state index in [-0.39, 0.29) is 21.1 Å². The van der Waals surface area contributed by atoms with Gasteiger partial charge in [-0.2, -0.15) is 25.5 Å². The molecule has 0 atom stereocenters. The van der Waals surface area contributed by atoms with E-state index in [1.165, 1.54) is 0 Å². The summed E-state index contributed by atoms with van der Waals surface area (Å²) in [6.07, 6.45) is 7.92. The van der Waals surface area contributed by atoms with Crippen molar-refractivity contribution in [2.45, 2.75) is 0 Å². The number of nitrogens with zero attached hydrogens (tertiary/aromatic N) is 4. The second-order valence-electron chi connectivity index (χ2n) is 5.88. The Morgan fingerprint density at radius 2 is 1.19 bits per heavy atom. The number of benzene rings is 2. The molecule has 0 bridgehead atoms. The van der Waals surface area contributed by atoms with Gasteiger partial charge < -0.3 is 24.3 Å². The number of hydrogen-bond acceptors (Lipinski definition) is 5. The summed E-state index contributed by atoms with van der Waals surface area (Å²) in [5.74, 6) is 1.31. The minimum Gasteiger partial charge on any atom is -0.510 e. The van der Waals surface area contributed by atoms with Gasteiger partial charge in [-0.05, 0) is 38.9 Å². The molecular weight excluding hydrogens is 507 g/mol. The van der Waals surface area contributed by atoms with Crippen LogP contribution in [0.3, 0.4) is 0 Å². The van der Waals surface area contributed by atoms with Crippen molar-refractivity contribution in [2.24, 2.45) is 0 Å². The number of hydrogen-bond donors (Lipinski definition) is 0. The number of rotatable bonds is 4. The summed E-state index contributed by atoms with van der Waals surface area (Å²) in [6.45, 7) is 3.96. The molecule has 0 spiro atoms. The molecular formula is C20H18N4OPt. The summed E-state index contributed by atoms with van der Waals surface area (Å²) in [5.41, 5.74) is 1.85. The Bertz CT molecular complexity index is 755. The molecule has 4 rings (SSSR count). The third kappa shape index (κ3) is 4.05. The fourth-order valence-corrected chi connectivity index (χ4v) is 2.60. The minimum absolute atomic E-state index is 0. The molecule has 0 aliphatic carbocycles. The normalized spacial score (nSPS) is 15.6. The largest absolute Gasteiger partial charge is 4.00 e. The van der Waals surface area contributed by atoms with E-state index >= 15 is 0 Å². The molecule has 2 heterocycles. The van der Waals surface area contributed by atoms with Crippen LogP contribution < -0.4 is 14.5 Å². The topological polar surface area (TPSA) is 22.2 Å². The molecule has 0 N–H and O–H groups in total. The van der Waals surface area contributed by atoms with Gasteiger partial charge in [0.2, 0.25) is 0 Å². The molecule has 2 aliphatic rings. The van der Waals surface area contributed by atoms with Gasteiger partial charge in [0.25, 0.3) is 0 Å². The van der Waals surface area contributed by atoms with E-state index in [4.69, 9.17) is 4.74 Å². The Morgan fingerprint density at radius 3 is 1.58 bits per heavy atom. The van der Waals surface area contributed by atoms with Crippen LogP contribution in [0.2, 0.25) is 0 Å². The van der Waals surface area contributed by atoms with Crippen LogP contribution in [0.5, 0.6) is 11.5 Å². The van der Waals surface area contributed by atoms with Gasteiger partial charge in [-0.15, -0.1) is 47.8 Å². The molecule has 134 valence electrons. The standard InChI is InChI=1S/C20H18N4O.Pt/c1-21-9-11-23(15-21)17-5-3-7-19(13-17)25-20-8-4-6-18(14-20)24-12-10-22(2)16-24;/h3-12,15-16H,1-2H3;/q-4;+4. The van der Waals surface area contributed by atoms with E-state index in [0.29, 0.717) is 11.5 Å². The van der Waals surface area contributed by atoms with E-state index in [9.17, 15) is 0 Å². The molecule has 0 fully saturated rings. The van der Waals surface area contributed by atoms with Crippen molar-refractivity contribution < 1.29 is 25.8 Å². The number of anilines is 2. The first-order valence-corrected chi connectivity index (χ1v) is 7.97. The van der Waals surface area contributed by atoms with Crippen LogP contribution in [0, 0.1) is 25.5 Å². The van der Waals surface area contributed by atoms with Crippen LogP contribution in [-0.4, -0.2) is 23.9 Å². The maximum absolute atomic E-state index is 5.96. The summed E-state index contributed by atoms with van der Waals surface area (Å²) < 4.78 is 5.96. The summed E-state index contributed by atoms with van der Waals surface area (Å²) >= 11 is 0. The Hall–Kier alpha value is -2.39. The van der Waals surface area contributed by atoms with Crippen molar-refractivity contribution in [3.63, 3.8) is 0 Å². The van der Waals surface area contributed by atoms with Crippen molar-refractivity contribution in [2.75, 3.05) is 23.9 Å². The second kappa shape index (κ2) is 7.88. The van der Waals surface area contributed by atoms with E-state index in [1.54, 1.807) is 0 Å². The average Bonchev–Trinajstić information content (AvgIpc) is 3.24. The molecule has 2 aliphatic heterocycles. The molecule has 0 aromatic heterocycles. The average molecular weight is 525 g/mol. The van der Waals surface area contributed by atoms with Gasteiger partial charge in [0.15, 0.2) is 0 Å². The molecule has 6 heteroatoms. The van der Waals surface area contributed by atoms with Gasteiger partial charge in [0.1, 0.15) is 0 Å². The van der Waals surface area contributed by atoms with E-state index in [0.717, 1.165) is 11.4 Å². The zero-order valence-corrected chi connectivity index (χ0v) is 16.7. The molecule has 0 radical (unpaired) electrons. The Labute approximate surface area is 169 Å². The maximum atomic E-state index is 5.96. The van der Waals surface area contributed by atoms with Crippen molar-refractivity contribution >= 4 is 11.4 Å². The predicted octanol–water partition coefficient (Wildman–Crippen LogP) is 3.76. The predicted molar refractivity (Wildman–Crippen MR) is 98.0 cm³/mol. The Kier molecular flexibility index (Phi) is 5.57. The summed E-state index contributed by atoms with van der Waals surface area (Å²) in [7, 11) is 3.97. The van der Waals surface area contributed by atoms with Gasteiger partial charge in [-0.1, -0.05) is 0 Å². The zero-order chi connectivity index (χ0) is 17.2. The molecule has 2 aromatic carbocycles. The van der Waals surface area contributed by atoms with Crippen LogP contribution in [0.15, 0.2) is 61.2 Å². The molecule has 2 aromatic rings. The van der Waals surface area contributed by atoms with Crippen LogP contribution in [0.25, 0.3) is 0 Å². The molecule has 0 saturated heterocycles. The van der Waals surface area contributed by atoms with Crippen LogP contribution in [0.1, 0.15) is 0 Å². The summed E-state index contributed by atoms with van der Waals surface area (Å²) in [5, 5.41) is 0. The van der Waals surface area contributed by atoms with Gasteiger partial charge in [0, 0.05) is 11.5 Å². The van der Waals surface area contributed by atoms with E-state index in [1.807, 2.05) is 108 Å². The zero-order valence-electron chi connectivity index (χ0n) is 14.4. The Balaban J connectivity index is 0.00000196. The number of ether oxygens (including phenoxy) is 1. The van der Waals surface area contributed by atoms with Crippen molar-refractivity contribution in [3.05, 3.63) is 86.7 Å². The van der Waals surface area contributed by atoms with E-state index in [2.05, 4.69) is 12.1 Å². The van der Waals surface area contributed by atoms with Gasteiger partial charge in [-0.3, -0.25) is 0 Å². The van der Waals surface area contributed by atoms with Crippen LogP contribution >= 0.6 is 0 Å². The molecule has 0 amide bonds. The SMILES string of the molecule is CN1C=CN(c2[c-]c(Oc3[c-]c(N4C=CN(C)[CH-]4)ccc3)ccc2)[CH-]1.[Pt+4]. The first kappa shape index (κ1) is 18.4. The van der Waals surface area contributed by atoms with Crippen molar-refractivity contribution in [3.8, 4) is 11.5 Å². The van der Waals surface area contributed by atoms with Gasteiger partial charge in [-0.25, -0.2) is 0 Å². The third-order valence-electron chi connectivity index (χ3n) is 3.82. The first-order valence-electron chi connectivity index (χ1n) is 7.97. The first-order chi connectivity index (χ1) is 12.2. The fraction of sp³-hybridized carbons (Fsp3) is 0.100. The van der Waals surface area contributed by atoms with Crippen LogP contribution in [-0.2, 0) is 21.1 Å². The van der Waals surface area contributed by atoms with Crippen molar-refractivity contribution in [1.82, 2.24) is 9.80 Å². The molecule has 26 heavy (non-hydrogen) atoms. The summed E-state index contributed by atoms with van der Waals surface area (Å²) in [4.78, 5) is 7.95. The van der Waals surface area contributed by atoms with Crippen LogP contribution in [0.4, 0.5) is 11.4 Å². The second-order valence-corrected chi connectivity index (χ2v) is 5.88. The fourth-order valence-electron chi connectivity index (χ4n) is 2.60. The van der Waals surface area contributed by atoms with Crippen molar-refractivity contribution in [1.29, 1.82) is 0 Å².